The van der Waals surface area contributed by atoms with Crippen LogP contribution in [-0.4, -0.2) is 115 Å². The number of rotatable bonds is 12. The van der Waals surface area contributed by atoms with Crippen LogP contribution in [0, 0.1) is 37.0 Å². The van der Waals surface area contributed by atoms with Gasteiger partial charge in [-0.1, -0.05) is 17.8 Å². The third kappa shape index (κ3) is 25.1. The van der Waals surface area contributed by atoms with Gasteiger partial charge < -0.3 is 95.5 Å². The third-order valence-electron chi connectivity index (χ3n) is 4.74. The third-order valence-corrected chi connectivity index (χ3v) is 4.74. The van der Waals surface area contributed by atoms with E-state index in [0.717, 1.165) is 0 Å². The molecule has 0 bridgehead atoms. The van der Waals surface area contributed by atoms with Gasteiger partial charge in [0.15, 0.2) is 29.4 Å². The zero-order valence-electron chi connectivity index (χ0n) is 23.1. The molecule has 22 nitrogen and oxygen atoms in total. The molecule has 25 heteroatoms. The van der Waals surface area contributed by atoms with E-state index in [0.29, 0.717) is 6.29 Å². The van der Waals surface area contributed by atoms with Gasteiger partial charge in [-0.05, 0) is 0 Å². The van der Waals surface area contributed by atoms with Crippen LogP contribution in [0.5, 0.6) is 0 Å². The van der Waals surface area contributed by atoms with Crippen molar-refractivity contribution in [3.63, 3.8) is 0 Å². The average Bonchev–Trinajstić information content (AvgIpc) is 3.27. The number of hydrogen-bond acceptors (Lipinski definition) is 22. The Morgan fingerprint density at radius 1 is 0.870 bits per heavy atom. The molecule has 0 amide bonds. The number of terminal acetylenes is 3. The van der Waals surface area contributed by atoms with Crippen molar-refractivity contribution in [2.45, 2.75) is 67.0 Å². The molecule has 1 saturated heterocycles. The second kappa shape index (κ2) is 32.9. The van der Waals surface area contributed by atoms with Gasteiger partial charge in [-0.3, -0.25) is 13.7 Å². The molecule has 0 aliphatic carbocycles. The fourth-order valence-corrected chi connectivity index (χ4v) is 2.47. The molecule has 0 radical (unpaired) electrons. The Balaban J connectivity index is -0.000000161. The van der Waals surface area contributed by atoms with Gasteiger partial charge in [0.1, 0.15) is 24.6 Å². The molecule has 7 atom stereocenters. The average molecular weight is 726 g/mol. The van der Waals surface area contributed by atoms with Gasteiger partial charge in [-0.25, -0.2) is 0 Å². The van der Waals surface area contributed by atoms with E-state index in [4.69, 9.17) is 77.9 Å². The summed E-state index contributed by atoms with van der Waals surface area (Å²) in [5.74, 6) is 5.63. The van der Waals surface area contributed by atoms with E-state index in [-0.39, 0.29) is 12.8 Å². The number of aliphatic hydroxyl groups excluding tert-OH is 5. The van der Waals surface area contributed by atoms with Gasteiger partial charge >= 0.3 is 0 Å². The monoisotopic (exact) mass is 726 g/mol. The molecule has 0 aromatic carbocycles. The van der Waals surface area contributed by atoms with Gasteiger partial charge in [0.05, 0.1) is 45.9 Å². The van der Waals surface area contributed by atoms with E-state index in [1.165, 1.54) is 0 Å². The summed E-state index contributed by atoms with van der Waals surface area (Å²) < 4.78 is 29.8. The minimum atomic E-state index is -2.19. The summed E-state index contributed by atoms with van der Waals surface area (Å²) in [6.45, 7) is -2.04. The first-order valence-electron chi connectivity index (χ1n) is 11.1. The molecular formula is C21H29O22P3-6. The summed E-state index contributed by atoms with van der Waals surface area (Å²) >= 11 is 0. The smallest absolute Gasteiger partial charge is 0.179 e. The second-order valence-electron chi connectivity index (χ2n) is 7.66. The number of ether oxygens (including phenoxy) is 1. The van der Waals surface area contributed by atoms with Crippen LogP contribution in [0.15, 0.2) is 0 Å². The Morgan fingerprint density at radius 2 is 1.26 bits per heavy atom. The number of carbonyl (C=O) groups excluding carboxylic acids is 1. The van der Waals surface area contributed by atoms with Crippen LogP contribution < -0.4 is 30.5 Å². The van der Waals surface area contributed by atoms with E-state index in [1.54, 1.807) is 11.8 Å². The van der Waals surface area contributed by atoms with Crippen molar-refractivity contribution in [1.29, 1.82) is 0 Å². The first-order valence-corrected chi connectivity index (χ1v) is 13.3. The van der Waals surface area contributed by atoms with E-state index in [2.05, 4.69) is 20.6 Å². The normalized spacial score (nSPS) is 21.7. The summed E-state index contributed by atoms with van der Waals surface area (Å²) in [4.78, 5) is 45.2. The summed E-state index contributed by atoms with van der Waals surface area (Å²) in [7, 11) is -3.25. The Labute approximate surface area is 265 Å². The van der Waals surface area contributed by atoms with Crippen molar-refractivity contribution in [2.24, 2.45) is 0 Å². The fourth-order valence-electron chi connectivity index (χ4n) is 2.47. The molecule has 1 heterocycles. The van der Waals surface area contributed by atoms with Crippen LogP contribution in [0.1, 0.15) is 19.3 Å². The Hall–Kier alpha value is -2.07. The lowest BCUT2D eigenvalue weighted by atomic mass is 9.96. The lowest BCUT2D eigenvalue weighted by Crippen LogP contribution is -2.47. The maximum Gasteiger partial charge on any atom is 0.179 e. The van der Waals surface area contributed by atoms with E-state index >= 15 is 0 Å². The molecule has 266 valence electrons. The minimum Gasteiger partial charge on any atom is -0.772 e. The van der Waals surface area contributed by atoms with Crippen LogP contribution in [0.25, 0.3) is 0 Å². The molecule has 1 aliphatic heterocycles. The number of carbonyl (C=O) groups is 1. The van der Waals surface area contributed by atoms with Crippen LogP contribution in [-0.2, 0) is 37.9 Å². The maximum absolute atomic E-state index is 9.92. The number of aldehydes is 1. The van der Waals surface area contributed by atoms with Crippen molar-refractivity contribution in [1.82, 2.24) is 0 Å². The Kier molecular flexibility index (Phi) is 38.2. The highest BCUT2D eigenvalue weighted by molar-refractivity contribution is 7.14. The molecule has 1 rings (SSSR count). The van der Waals surface area contributed by atoms with Crippen LogP contribution >= 0.6 is 26.1 Å². The topological polar surface area (TPSA) is 405 Å². The Bertz CT molecular complexity index is 910. The van der Waals surface area contributed by atoms with Crippen LogP contribution in [0.3, 0.4) is 0 Å². The van der Waals surface area contributed by atoms with Gasteiger partial charge in [-0.15, -0.1) is 19.3 Å². The predicted molar refractivity (Wildman–Crippen MR) is 133 cm³/mol. The van der Waals surface area contributed by atoms with Crippen LogP contribution in [0.2, 0.25) is 0 Å². The zero-order chi connectivity index (χ0) is 37.4. The van der Waals surface area contributed by atoms with Gasteiger partial charge in [0, 0.05) is 19.3 Å². The van der Waals surface area contributed by atoms with Gasteiger partial charge in [0.2, 0.25) is 0 Å². The quantitative estimate of drug-likeness (QED) is 0.0231. The predicted octanol–water partition coefficient (Wildman–Crippen LogP) is -9.29. The minimum absolute atomic E-state index is 0.00639. The zero-order valence-corrected chi connectivity index (χ0v) is 25.8. The molecule has 46 heavy (non-hydrogen) atoms. The summed E-state index contributed by atoms with van der Waals surface area (Å²) in [5, 5.41) is 101. The van der Waals surface area contributed by atoms with Crippen molar-refractivity contribution >= 4 is 32.3 Å². The largest absolute Gasteiger partial charge is 0.772 e. The highest BCUT2D eigenvalue weighted by Crippen LogP contribution is 2.29. The number of aliphatic hydroxyl groups is 8. The molecule has 1 fully saturated rings. The van der Waals surface area contributed by atoms with E-state index in [9.17, 15) is 35.9 Å². The lowest BCUT2D eigenvalue weighted by molar-refractivity contribution is -0.693. The first kappa shape index (κ1) is 53.4. The van der Waals surface area contributed by atoms with Gasteiger partial charge in [0.25, 0.3) is 0 Å². The molecular weight excluding hydrogens is 697 g/mol. The molecule has 1 unspecified atom stereocenters. The maximum atomic E-state index is 9.92. The summed E-state index contributed by atoms with van der Waals surface area (Å²) in [5.41, 5.74) is -5.75. The van der Waals surface area contributed by atoms with Crippen molar-refractivity contribution in [3.05, 3.63) is 0 Å². The summed E-state index contributed by atoms with van der Waals surface area (Å²) in [6.07, 6.45) is 7.05. The Morgan fingerprint density at radius 3 is 1.50 bits per heavy atom. The summed E-state index contributed by atoms with van der Waals surface area (Å²) in [6, 6.07) is 0. The molecule has 0 aromatic rings. The standard InChI is InChI=1S/C7H12O6.2C7H10O5.3HO2P/c1-2-7(11,4-13-12)5(8)3-6(9)10;1-2-7(4-11-10)5(8)3-6(9)12-7;1-2-7(10,5-12-11)6(9)3-4-8;3*1-3-2/h1,5-6,8-12H,3-4H2;1,5-6,8-10H,3-4H2;1,4,6,9-11H,3,5H2;3*(H,1,2)/p-6/t5-,7+;5-,6?,7+;6-,7+;;;/m000.../s1. The van der Waals surface area contributed by atoms with E-state index < -0.39 is 100.0 Å². The molecule has 0 saturated carbocycles. The first-order chi connectivity index (χ1) is 21.4. The molecule has 0 aromatic heterocycles. The second-order valence-corrected chi connectivity index (χ2v) is 8.10. The van der Waals surface area contributed by atoms with Crippen LogP contribution in [0.4, 0.5) is 0 Å². The molecule has 8 N–H and O–H groups in total. The van der Waals surface area contributed by atoms with Crippen molar-refractivity contribution in [3.8, 4) is 37.0 Å². The fraction of sp³-hybridized carbons (Fsp3) is 0.667. The van der Waals surface area contributed by atoms with Gasteiger partial charge in [-0.2, -0.15) is 0 Å². The highest BCUT2D eigenvalue weighted by Gasteiger charge is 2.46. The van der Waals surface area contributed by atoms with Crippen molar-refractivity contribution < 1.29 is 109 Å². The SMILES string of the molecule is C#C[C@@](O)(CO[O-])[C@@H](O)CC(O)O.C#C[C@@](O)(CO[O-])[C@@H](O)CC=O.C#C[C@]1(CO[O-])OC(O)C[C@@H]1O.O=P[O-].O=P[O-].O=P[O-]. The number of hydrogen-bond donors (Lipinski definition) is 8. The molecule has 1 aliphatic rings. The highest BCUT2D eigenvalue weighted by atomic mass is 31.1. The van der Waals surface area contributed by atoms with Crippen molar-refractivity contribution in [2.75, 3.05) is 19.8 Å². The van der Waals surface area contributed by atoms with E-state index in [1.807, 2.05) is 0 Å². The molecule has 0 spiro atoms. The lowest BCUT2D eigenvalue weighted by Gasteiger charge is -2.29.